The Kier molecular flexibility index (Phi) is 10.0. The van der Waals surface area contributed by atoms with Crippen molar-refractivity contribution in [2.75, 3.05) is 25.2 Å². The van der Waals surface area contributed by atoms with Gasteiger partial charge in [-0.1, -0.05) is 56.3 Å². The molecule has 4 nitrogen and oxygen atoms in total. The van der Waals surface area contributed by atoms with Crippen LogP contribution in [0, 0.1) is 0 Å². The zero-order chi connectivity index (χ0) is 19.6. The summed E-state index contributed by atoms with van der Waals surface area (Å²) < 4.78 is 23.5. The summed E-state index contributed by atoms with van der Waals surface area (Å²) in [5, 5.41) is 0. The predicted molar refractivity (Wildman–Crippen MR) is 123 cm³/mol. The average molecular weight is 447 g/mol. The van der Waals surface area contributed by atoms with Crippen molar-refractivity contribution in [1.29, 1.82) is 0 Å². The van der Waals surface area contributed by atoms with Crippen LogP contribution in [0.25, 0.3) is 0 Å². The third-order valence-corrected chi connectivity index (χ3v) is 6.56. The van der Waals surface area contributed by atoms with E-state index in [4.69, 9.17) is 43.4 Å². The van der Waals surface area contributed by atoms with Crippen LogP contribution in [0.2, 0.25) is 0 Å². The van der Waals surface area contributed by atoms with Crippen LogP contribution < -0.4 is 9.47 Å². The molecule has 3 rings (SSSR count). The molecule has 0 bridgehead atoms. The van der Waals surface area contributed by atoms with E-state index in [9.17, 15) is 0 Å². The van der Waals surface area contributed by atoms with E-state index in [0.717, 1.165) is 23.5 Å². The summed E-state index contributed by atoms with van der Waals surface area (Å²) in [4.78, 5) is 0. The van der Waals surface area contributed by atoms with Gasteiger partial charge in [0.25, 0.3) is 0 Å². The summed E-state index contributed by atoms with van der Waals surface area (Å²) in [6, 6.07) is 5.94. The van der Waals surface area contributed by atoms with E-state index in [1.54, 1.807) is 30.6 Å². The molecule has 1 aromatic rings. The second-order valence-electron chi connectivity index (χ2n) is 6.10. The molecular formula is C19H26O4S4. The first-order chi connectivity index (χ1) is 13.0. The standard InChI is InChI=1S/C15H16O4S4.C4H10/c1-16-13-5-9(4-10-7-22-14(20)18-10)2-3-12(13)17-6-11-8-23-15(21)19-11;1-3-4-2/h2-3,5,10-11H,4,6-8H2,1H3;3-4H2,1-2H3. The monoisotopic (exact) mass is 446 g/mol. The lowest BCUT2D eigenvalue weighted by molar-refractivity contribution is 0.148. The maximum Gasteiger partial charge on any atom is 0.220 e. The van der Waals surface area contributed by atoms with Crippen molar-refractivity contribution in [3.8, 4) is 11.5 Å². The SMILES string of the molecule is CCCC.COc1cc(CC2CSC(=S)O2)ccc1OCC1CSC(=S)O1. The van der Waals surface area contributed by atoms with Crippen LogP contribution in [-0.2, 0) is 15.9 Å². The Morgan fingerprint density at radius 3 is 2.15 bits per heavy atom. The van der Waals surface area contributed by atoms with Gasteiger partial charge >= 0.3 is 0 Å². The molecular weight excluding hydrogens is 420 g/mol. The van der Waals surface area contributed by atoms with Gasteiger partial charge in [0.1, 0.15) is 18.8 Å². The first-order valence-electron chi connectivity index (χ1n) is 9.02. The Hall–Kier alpha value is -0.700. The highest BCUT2D eigenvalue weighted by Crippen LogP contribution is 2.31. The van der Waals surface area contributed by atoms with E-state index >= 15 is 0 Å². The Bertz CT molecular complexity index is 636. The van der Waals surface area contributed by atoms with Crippen molar-refractivity contribution >= 4 is 56.7 Å². The van der Waals surface area contributed by atoms with E-state index in [1.807, 2.05) is 18.2 Å². The van der Waals surface area contributed by atoms with E-state index in [-0.39, 0.29) is 12.2 Å². The molecule has 2 saturated heterocycles. The molecule has 0 amide bonds. The number of thiocarbonyl (C=S) groups is 2. The van der Waals surface area contributed by atoms with Gasteiger partial charge in [0, 0.05) is 17.9 Å². The van der Waals surface area contributed by atoms with Crippen molar-refractivity contribution < 1.29 is 18.9 Å². The van der Waals surface area contributed by atoms with Gasteiger partial charge in [0.15, 0.2) is 11.5 Å². The van der Waals surface area contributed by atoms with E-state index in [2.05, 4.69) is 13.8 Å². The smallest absolute Gasteiger partial charge is 0.220 e. The molecule has 2 fully saturated rings. The van der Waals surface area contributed by atoms with Crippen molar-refractivity contribution in [3.05, 3.63) is 23.8 Å². The minimum absolute atomic E-state index is 0.00167. The molecule has 2 unspecified atom stereocenters. The molecule has 2 aliphatic rings. The Labute approximate surface area is 181 Å². The lowest BCUT2D eigenvalue weighted by atomic mass is 10.1. The average Bonchev–Trinajstić information content (AvgIpc) is 3.28. The zero-order valence-corrected chi connectivity index (χ0v) is 19.2. The van der Waals surface area contributed by atoms with E-state index in [1.165, 1.54) is 12.8 Å². The van der Waals surface area contributed by atoms with Crippen LogP contribution in [0.15, 0.2) is 18.2 Å². The number of unbranched alkanes of at least 4 members (excludes halogenated alkanes) is 1. The minimum atomic E-state index is 0.00167. The lowest BCUT2D eigenvalue weighted by Crippen LogP contribution is -2.20. The van der Waals surface area contributed by atoms with Crippen molar-refractivity contribution in [2.24, 2.45) is 0 Å². The quantitative estimate of drug-likeness (QED) is 0.525. The molecule has 0 aromatic heterocycles. The largest absolute Gasteiger partial charge is 0.493 e. The maximum absolute atomic E-state index is 5.82. The second-order valence-corrected chi connectivity index (χ2v) is 9.35. The highest BCUT2D eigenvalue weighted by atomic mass is 32.2. The molecule has 0 radical (unpaired) electrons. The zero-order valence-electron chi connectivity index (χ0n) is 15.9. The van der Waals surface area contributed by atoms with Crippen LogP contribution in [0.3, 0.4) is 0 Å². The van der Waals surface area contributed by atoms with E-state index < -0.39 is 0 Å². The summed E-state index contributed by atoms with van der Waals surface area (Å²) in [6.07, 6.45) is 3.58. The van der Waals surface area contributed by atoms with Crippen LogP contribution in [0.4, 0.5) is 0 Å². The van der Waals surface area contributed by atoms with Crippen molar-refractivity contribution in [1.82, 2.24) is 0 Å². The third kappa shape index (κ3) is 7.68. The Morgan fingerprint density at radius 1 is 1.00 bits per heavy atom. The number of methoxy groups -OCH3 is 1. The van der Waals surface area contributed by atoms with Crippen LogP contribution in [0.1, 0.15) is 32.3 Å². The van der Waals surface area contributed by atoms with Crippen LogP contribution in [-0.4, -0.2) is 46.2 Å². The summed E-state index contributed by atoms with van der Waals surface area (Å²) in [6.45, 7) is 4.82. The molecule has 1 aromatic carbocycles. The molecule has 150 valence electrons. The molecule has 2 aliphatic heterocycles. The summed E-state index contributed by atoms with van der Waals surface area (Å²) in [5.74, 6) is 3.15. The predicted octanol–water partition coefficient (Wildman–Crippen LogP) is 5.26. The van der Waals surface area contributed by atoms with Crippen molar-refractivity contribution in [3.63, 3.8) is 0 Å². The number of ether oxygens (including phenoxy) is 4. The molecule has 0 aliphatic carbocycles. The lowest BCUT2D eigenvalue weighted by Gasteiger charge is -2.15. The van der Waals surface area contributed by atoms with Gasteiger partial charge < -0.3 is 18.9 Å². The highest BCUT2D eigenvalue weighted by molar-refractivity contribution is 8.23. The molecule has 27 heavy (non-hydrogen) atoms. The minimum Gasteiger partial charge on any atom is -0.493 e. The molecule has 8 heteroatoms. The number of hydrogen-bond acceptors (Lipinski definition) is 8. The summed E-state index contributed by atoms with van der Waals surface area (Å²) in [5.41, 5.74) is 1.14. The summed E-state index contributed by atoms with van der Waals surface area (Å²) in [7, 11) is 1.64. The fourth-order valence-electron chi connectivity index (χ4n) is 2.32. The van der Waals surface area contributed by atoms with Gasteiger partial charge in [-0.05, 0) is 42.1 Å². The van der Waals surface area contributed by atoms with Crippen LogP contribution >= 0.6 is 48.0 Å². The number of rotatable bonds is 7. The molecule has 0 N–H and O–H groups in total. The first-order valence-corrected chi connectivity index (χ1v) is 11.8. The van der Waals surface area contributed by atoms with Gasteiger partial charge in [-0.15, -0.1) is 0 Å². The molecule has 2 heterocycles. The van der Waals surface area contributed by atoms with Gasteiger partial charge in [0.2, 0.25) is 8.77 Å². The fourth-order valence-corrected chi connectivity index (χ4v) is 4.40. The highest BCUT2D eigenvalue weighted by Gasteiger charge is 2.24. The number of thioether (sulfide) groups is 2. The number of hydrogen-bond donors (Lipinski definition) is 0. The molecule has 0 spiro atoms. The normalized spacial score (nSPS) is 21.1. The summed E-state index contributed by atoms with van der Waals surface area (Å²) >= 11 is 13.2. The van der Waals surface area contributed by atoms with E-state index in [0.29, 0.717) is 26.9 Å². The Balaban J connectivity index is 0.000000596. The van der Waals surface area contributed by atoms with Gasteiger partial charge in [-0.3, -0.25) is 0 Å². The topological polar surface area (TPSA) is 36.9 Å². The fraction of sp³-hybridized carbons (Fsp3) is 0.579. The van der Waals surface area contributed by atoms with Gasteiger partial charge in [-0.25, -0.2) is 0 Å². The molecule has 2 atom stereocenters. The van der Waals surface area contributed by atoms with Gasteiger partial charge in [-0.2, -0.15) is 0 Å². The number of benzene rings is 1. The van der Waals surface area contributed by atoms with Crippen LogP contribution in [0.5, 0.6) is 11.5 Å². The first kappa shape index (κ1) is 22.6. The third-order valence-electron chi connectivity index (χ3n) is 3.92. The molecule has 0 saturated carbocycles. The second kappa shape index (κ2) is 12.0. The van der Waals surface area contributed by atoms with Gasteiger partial charge in [0.05, 0.1) is 7.11 Å². The Morgan fingerprint density at radius 2 is 1.63 bits per heavy atom. The van der Waals surface area contributed by atoms with Crippen molar-refractivity contribution in [2.45, 2.75) is 45.3 Å². The maximum atomic E-state index is 5.82.